The number of nitro benzene ring substituents is 1. The van der Waals surface area contributed by atoms with Crippen LogP contribution in [0.2, 0.25) is 0 Å². The molecule has 0 bridgehead atoms. The van der Waals surface area contributed by atoms with E-state index < -0.39 is 29.5 Å². The average Bonchev–Trinajstić information content (AvgIpc) is 2.42. The number of phenols is 1. The van der Waals surface area contributed by atoms with E-state index in [0.717, 1.165) is 0 Å². The minimum Gasteiger partial charge on any atom is -0.508 e. The van der Waals surface area contributed by atoms with Gasteiger partial charge in [-0.2, -0.15) is 0 Å². The number of rotatable bonds is 1. The Kier molecular flexibility index (Phi) is 5.80. The van der Waals surface area contributed by atoms with Crippen molar-refractivity contribution in [3.8, 4) is 5.75 Å². The quantitative estimate of drug-likeness (QED) is 0.316. The number of phenolic OH excluding ortho intramolecular Hbond substituents is 1. The fourth-order valence-electron chi connectivity index (χ4n) is 1.36. The third-order valence-corrected chi connectivity index (χ3v) is 2.53. The van der Waals surface area contributed by atoms with Crippen molar-refractivity contribution in [3.63, 3.8) is 0 Å². The highest BCUT2D eigenvalue weighted by molar-refractivity contribution is 5.34. The van der Waals surface area contributed by atoms with Gasteiger partial charge < -0.3 is 30.3 Å². The van der Waals surface area contributed by atoms with E-state index in [0.29, 0.717) is 0 Å². The van der Waals surface area contributed by atoms with Crippen LogP contribution in [0.1, 0.15) is 0 Å². The van der Waals surface area contributed by atoms with E-state index in [-0.39, 0.29) is 18.0 Å². The molecule has 0 saturated carbocycles. The summed E-state index contributed by atoms with van der Waals surface area (Å²) in [6.07, 6.45) is -5.23. The second kappa shape index (κ2) is 7.12. The molecule has 112 valence electrons. The summed E-state index contributed by atoms with van der Waals surface area (Å²) in [5, 5.41) is 54.0. The lowest BCUT2D eigenvalue weighted by atomic mass is 10.1. The van der Waals surface area contributed by atoms with Crippen LogP contribution in [0.15, 0.2) is 24.3 Å². The van der Waals surface area contributed by atoms with E-state index in [2.05, 4.69) is 4.74 Å². The molecule has 1 aromatic carbocycles. The summed E-state index contributed by atoms with van der Waals surface area (Å²) in [6.45, 7) is -0.153. The fourth-order valence-corrected chi connectivity index (χ4v) is 1.36. The molecule has 0 unspecified atom stereocenters. The Bertz CT molecular complexity index is 423. The van der Waals surface area contributed by atoms with Crippen molar-refractivity contribution in [2.75, 3.05) is 6.61 Å². The number of nitrogens with zero attached hydrogens (tertiary/aromatic N) is 1. The maximum absolute atomic E-state index is 10.0. The number of nitro groups is 1. The summed E-state index contributed by atoms with van der Waals surface area (Å²) in [5.41, 5.74) is -0.0159. The van der Waals surface area contributed by atoms with Crippen LogP contribution >= 0.6 is 0 Å². The molecule has 2 rings (SSSR count). The molecule has 1 fully saturated rings. The van der Waals surface area contributed by atoms with E-state index in [4.69, 9.17) is 25.5 Å². The summed E-state index contributed by atoms with van der Waals surface area (Å²) in [7, 11) is 0. The molecule has 0 amide bonds. The molecule has 4 atom stereocenters. The number of aliphatic hydroxyl groups excluding tert-OH is 4. The molecule has 9 nitrogen and oxygen atoms in total. The van der Waals surface area contributed by atoms with Gasteiger partial charge in [0.2, 0.25) is 0 Å². The smallest absolute Gasteiger partial charge is 0.269 e. The Labute approximate surface area is 113 Å². The van der Waals surface area contributed by atoms with E-state index in [1.165, 1.54) is 24.3 Å². The van der Waals surface area contributed by atoms with E-state index >= 15 is 0 Å². The van der Waals surface area contributed by atoms with Gasteiger partial charge in [-0.3, -0.25) is 10.1 Å². The van der Waals surface area contributed by atoms with Crippen molar-refractivity contribution in [2.24, 2.45) is 0 Å². The van der Waals surface area contributed by atoms with Crippen LogP contribution in [0, 0.1) is 10.1 Å². The van der Waals surface area contributed by atoms with Gasteiger partial charge in [0.1, 0.15) is 24.1 Å². The van der Waals surface area contributed by atoms with Gasteiger partial charge in [-0.15, -0.1) is 0 Å². The molecule has 0 aromatic heterocycles. The molecule has 1 saturated heterocycles. The predicted molar refractivity (Wildman–Crippen MR) is 64.7 cm³/mol. The van der Waals surface area contributed by atoms with Crippen LogP contribution in [-0.4, -0.2) is 61.7 Å². The number of non-ortho nitro benzene ring substituents is 1. The molecule has 0 spiro atoms. The van der Waals surface area contributed by atoms with Crippen molar-refractivity contribution in [1.82, 2.24) is 0 Å². The molecule has 1 aromatic rings. The lowest BCUT2D eigenvalue weighted by molar-refractivity contribution is -0.384. The highest BCUT2D eigenvalue weighted by Crippen LogP contribution is 2.15. The molecule has 0 radical (unpaired) electrons. The first-order valence-electron chi connectivity index (χ1n) is 5.60. The van der Waals surface area contributed by atoms with Crippen LogP contribution < -0.4 is 0 Å². The van der Waals surface area contributed by atoms with Crippen molar-refractivity contribution >= 4 is 5.69 Å². The Hall–Kier alpha value is -1.78. The van der Waals surface area contributed by atoms with Gasteiger partial charge in [0.15, 0.2) is 6.29 Å². The average molecular weight is 289 g/mol. The van der Waals surface area contributed by atoms with Crippen LogP contribution in [0.3, 0.4) is 0 Å². The highest BCUT2D eigenvalue weighted by atomic mass is 16.6. The van der Waals surface area contributed by atoms with Gasteiger partial charge in [-0.1, -0.05) is 0 Å². The Balaban J connectivity index is 0.000000200. The Morgan fingerprint density at radius 1 is 1.10 bits per heavy atom. The second-order valence-corrected chi connectivity index (χ2v) is 4.05. The van der Waals surface area contributed by atoms with Crippen LogP contribution in [0.5, 0.6) is 5.75 Å². The summed E-state index contributed by atoms with van der Waals surface area (Å²) in [4.78, 5) is 9.52. The van der Waals surface area contributed by atoms with Crippen LogP contribution in [0.25, 0.3) is 0 Å². The van der Waals surface area contributed by atoms with E-state index in [1.54, 1.807) is 0 Å². The molecule has 5 N–H and O–H groups in total. The minimum absolute atomic E-state index is 0.0159. The zero-order valence-corrected chi connectivity index (χ0v) is 10.2. The van der Waals surface area contributed by atoms with E-state index in [9.17, 15) is 10.1 Å². The van der Waals surface area contributed by atoms with Crippen molar-refractivity contribution in [1.29, 1.82) is 0 Å². The second-order valence-electron chi connectivity index (χ2n) is 4.05. The lowest BCUT2D eigenvalue weighted by Crippen LogP contribution is -2.52. The molecule has 1 heterocycles. The normalized spacial score (nSPS) is 29.2. The summed E-state index contributed by atoms with van der Waals surface area (Å²) in [5.74, 6) is 0.0330. The first-order valence-corrected chi connectivity index (χ1v) is 5.60. The van der Waals surface area contributed by atoms with Gasteiger partial charge in [0.25, 0.3) is 5.69 Å². The van der Waals surface area contributed by atoms with Gasteiger partial charge in [0.05, 0.1) is 11.5 Å². The van der Waals surface area contributed by atoms with Crippen molar-refractivity contribution in [3.05, 3.63) is 34.4 Å². The SMILES string of the molecule is O=[N+]([O-])c1ccc(O)cc1.O[C@@H]1[C@@H](O)[C@H](O)OC[C@H]1O. The number of hydrogen-bond donors (Lipinski definition) is 5. The summed E-state index contributed by atoms with van der Waals surface area (Å²) in [6, 6.07) is 5.04. The summed E-state index contributed by atoms with van der Waals surface area (Å²) >= 11 is 0. The third kappa shape index (κ3) is 4.40. The monoisotopic (exact) mass is 289 g/mol. The van der Waals surface area contributed by atoms with Gasteiger partial charge in [-0.05, 0) is 12.1 Å². The van der Waals surface area contributed by atoms with Gasteiger partial charge in [0, 0.05) is 12.1 Å². The molecule has 20 heavy (non-hydrogen) atoms. The maximum Gasteiger partial charge on any atom is 0.269 e. The lowest BCUT2D eigenvalue weighted by Gasteiger charge is -2.31. The highest BCUT2D eigenvalue weighted by Gasteiger charge is 2.36. The van der Waals surface area contributed by atoms with Gasteiger partial charge in [-0.25, -0.2) is 0 Å². The zero-order chi connectivity index (χ0) is 15.3. The maximum atomic E-state index is 10.0. The van der Waals surface area contributed by atoms with E-state index in [1.807, 2.05) is 0 Å². The summed E-state index contributed by atoms with van der Waals surface area (Å²) < 4.78 is 4.47. The van der Waals surface area contributed by atoms with Crippen molar-refractivity contribution < 1.29 is 35.2 Å². The fraction of sp³-hybridized carbons (Fsp3) is 0.455. The van der Waals surface area contributed by atoms with Crippen LogP contribution in [-0.2, 0) is 4.74 Å². The number of aromatic hydroxyl groups is 1. The number of benzene rings is 1. The number of ether oxygens (including phenoxy) is 1. The molecular formula is C11H15NO8. The van der Waals surface area contributed by atoms with Gasteiger partial charge >= 0.3 is 0 Å². The topological polar surface area (TPSA) is 154 Å². The predicted octanol–water partition coefficient (Wildman–Crippen LogP) is -1.28. The molecule has 1 aliphatic heterocycles. The van der Waals surface area contributed by atoms with Crippen LogP contribution in [0.4, 0.5) is 5.69 Å². The van der Waals surface area contributed by atoms with Crippen molar-refractivity contribution in [2.45, 2.75) is 24.6 Å². The standard InChI is InChI=1S/C6H5NO3.C5H10O5/c8-6-3-1-5(2-4-6)7(9)10;6-2-1-10-5(9)4(8)3(2)7/h1-4,8H;2-9H,1H2/t;2-,3+,4-,5-/m.1/s1. The molecular weight excluding hydrogens is 274 g/mol. The molecule has 0 aliphatic carbocycles. The Morgan fingerprint density at radius 2 is 1.65 bits per heavy atom. The number of aliphatic hydroxyl groups is 4. The zero-order valence-electron chi connectivity index (χ0n) is 10.2. The minimum atomic E-state index is -1.41. The molecule has 9 heteroatoms. The largest absolute Gasteiger partial charge is 0.508 e. The first kappa shape index (κ1) is 16.3. The molecule has 1 aliphatic rings. The Morgan fingerprint density at radius 3 is 2.10 bits per heavy atom. The first-order chi connectivity index (χ1) is 9.32. The third-order valence-electron chi connectivity index (χ3n) is 2.53. The number of hydrogen-bond acceptors (Lipinski definition) is 8.